The average Bonchev–Trinajstić information content (AvgIpc) is 2.29. The minimum atomic E-state index is -1.01. The smallest absolute Gasteiger partial charge is 0.306 e. The quantitative estimate of drug-likeness (QED) is 0.542. The first kappa shape index (κ1) is 13.6. The molecule has 0 fully saturated rings. The third-order valence-electron chi connectivity index (χ3n) is 2.32. The fourth-order valence-electron chi connectivity index (χ4n) is 1.42. The van der Waals surface area contributed by atoms with Crippen LogP contribution in [-0.2, 0) is 17.9 Å². The number of carboxylic acid groups (broad SMARTS) is 1. The normalized spacial score (nSPS) is 12.4. The van der Waals surface area contributed by atoms with E-state index >= 15 is 0 Å². The standard InChI is InChI=1S/C12H17NO4/c14-8-10-3-1-9(2-4-10)6-13-7-11(15)5-12(16)17/h1-4,11,13-15H,5-8H2,(H,16,17). The van der Waals surface area contributed by atoms with Crippen LogP contribution in [0, 0.1) is 0 Å². The fraction of sp³-hybridized carbons (Fsp3) is 0.417. The van der Waals surface area contributed by atoms with Crippen molar-refractivity contribution in [3.63, 3.8) is 0 Å². The maximum Gasteiger partial charge on any atom is 0.306 e. The van der Waals surface area contributed by atoms with Crippen LogP contribution in [0.4, 0.5) is 0 Å². The Kier molecular flexibility index (Phi) is 5.62. The molecule has 0 aromatic heterocycles. The lowest BCUT2D eigenvalue weighted by Crippen LogP contribution is -2.28. The summed E-state index contributed by atoms with van der Waals surface area (Å²) in [5.74, 6) is -1.01. The molecule has 1 atom stereocenters. The van der Waals surface area contributed by atoms with Crippen LogP contribution in [0.1, 0.15) is 17.5 Å². The molecular weight excluding hydrogens is 222 g/mol. The minimum Gasteiger partial charge on any atom is -0.481 e. The van der Waals surface area contributed by atoms with Crippen LogP contribution in [0.15, 0.2) is 24.3 Å². The van der Waals surface area contributed by atoms with Gasteiger partial charge >= 0.3 is 5.97 Å². The van der Waals surface area contributed by atoms with E-state index in [4.69, 9.17) is 10.2 Å². The van der Waals surface area contributed by atoms with E-state index in [-0.39, 0.29) is 19.6 Å². The van der Waals surface area contributed by atoms with Crippen molar-refractivity contribution in [3.8, 4) is 0 Å². The number of rotatable bonds is 7. The van der Waals surface area contributed by atoms with Crippen LogP contribution in [0.25, 0.3) is 0 Å². The van der Waals surface area contributed by atoms with Gasteiger partial charge in [-0.2, -0.15) is 0 Å². The van der Waals surface area contributed by atoms with Crippen LogP contribution in [0.3, 0.4) is 0 Å². The molecule has 94 valence electrons. The van der Waals surface area contributed by atoms with E-state index in [0.717, 1.165) is 11.1 Å². The highest BCUT2D eigenvalue weighted by Gasteiger charge is 2.08. The molecule has 0 aliphatic carbocycles. The highest BCUT2D eigenvalue weighted by atomic mass is 16.4. The van der Waals surface area contributed by atoms with Gasteiger partial charge in [-0.3, -0.25) is 4.79 Å². The number of benzene rings is 1. The van der Waals surface area contributed by atoms with Crippen molar-refractivity contribution in [1.82, 2.24) is 5.32 Å². The van der Waals surface area contributed by atoms with E-state index in [1.165, 1.54) is 0 Å². The molecule has 4 N–H and O–H groups in total. The molecule has 0 saturated carbocycles. The van der Waals surface area contributed by atoms with E-state index < -0.39 is 12.1 Å². The molecule has 17 heavy (non-hydrogen) atoms. The number of aliphatic hydroxyl groups is 2. The third kappa shape index (κ3) is 5.44. The lowest BCUT2D eigenvalue weighted by Gasteiger charge is -2.09. The van der Waals surface area contributed by atoms with Crippen molar-refractivity contribution < 1.29 is 20.1 Å². The van der Waals surface area contributed by atoms with Gasteiger partial charge in [-0.15, -0.1) is 0 Å². The lowest BCUT2D eigenvalue weighted by molar-refractivity contribution is -0.139. The molecule has 1 rings (SSSR count). The first-order valence-corrected chi connectivity index (χ1v) is 5.41. The maximum absolute atomic E-state index is 10.3. The van der Waals surface area contributed by atoms with Gasteiger partial charge < -0.3 is 20.6 Å². The predicted molar refractivity (Wildman–Crippen MR) is 62.3 cm³/mol. The van der Waals surface area contributed by atoms with Crippen molar-refractivity contribution >= 4 is 5.97 Å². The molecule has 0 heterocycles. The predicted octanol–water partition coefficient (Wildman–Crippen LogP) is 0.104. The second-order valence-corrected chi connectivity index (χ2v) is 3.86. The topological polar surface area (TPSA) is 89.8 Å². The van der Waals surface area contributed by atoms with Crippen LogP contribution >= 0.6 is 0 Å². The van der Waals surface area contributed by atoms with Crippen molar-refractivity contribution in [3.05, 3.63) is 35.4 Å². The van der Waals surface area contributed by atoms with Crippen LogP contribution < -0.4 is 5.32 Å². The van der Waals surface area contributed by atoms with Gasteiger partial charge in [0.05, 0.1) is 19.1 Å². The largest absolute Gasteiger partial charge is 0.481 e. The Morgan fingerprint density at radius 3 is 2.35 bits per heavy atom. The molecule has 0 aliphatic rings. The Bertz CT molecular complexity index is 350. The second kappa shape index (κ2) is 7.01. The van der Waals surface area contributed by atoms with Crippen molar-refractivity contribution in [2.45, 2.75) is 25.7 Å². The lowest BCUT2D eigenvalue weighted by atomic mass is 10.1. The number of nitrogens with one attached hydrogen (secondary N) is 1. The molecule has 5 nitrogen and oxygen atoms in total. The van der Waals surface area contributed by atoms with Crippen molar-refractivity contribution in [2.75, 3.05) is 6.54 Å². The van der Waals surface area contributed by atoms with Gasteiger partial charge in [-0.1, -0.05) is 24.3 Å². The molecule has 0 spiro atoms. The minimum absolute atomic E-state index is 0.0189. The van der Waals surface area contributed by atoms with Gasteiger partial charge in [-0.25, -0.2) is 0 Å². The molecule has 1 aromatic carbocycles. The monoisotopic (exact) mass is 239 g/mol. The highest BCUT2D eigenvalue weighted by molar-refractivity contribution is 5.67. The first-order chi connectivity index (χ1) is 8.11. The summed E-state index contributed by atoms with van der Waals surface area (Å²) in [5.41, 5.74) is 1.87. The molecule has 0 saturated heterocycles. The van der Waals surface area contributed by atoms with E-state index in [2.05, 4.69) is 5.32 Å². The molecular formula is C12H17NO4. The van der Waals surface area contributed by atoms with Gasteiger partial charge in [0.2, 0.25) is 0 Å². The summed E-state index contributed by atoms with van der Waals surface area (Å²) in [6, 6.07) is 7.40. The van der Waals surface area contributed by atoms with Gasteiger partial charge in [0.1, 0.15) is 0 Å². The first-order valence-electron chi connectivity index (χ1n) is 5.41. The Labute approximate surface area is 99.7 Å². The number of hydrogen-bond acceptors (Lipinski definition) is 4. The Balaban J connectivity index is 2.28. The van der Waals surface area contributed by atoms with Crippen molar-refractivity contribution in [2.24, 2.45) is 0 Å². The second-order valence-electron chi connectivity index (χ2n) is 3.86. The summed E-state index contributed by atoms with van der Waals surface area (Å²) in [7, 11) is 0. The summed E-state index contributed by atoms with van der Waals surface area (Å²) in [6.45, 7) is 0.821. The number of carboxylic acids is 1. The highest BCUT2D eigenvalue weighted by Crippen LogP contribution is 2.04. The van der Waals surface area contributed by atoms with Crippen LogP contribution in [0.2, 0.25) is 0 Å². The molecule has 1 unspecified atom stereocenters. The van der Waals surface area contributed by atoms with Gasteiger partial charge in [0.15, 0.2) is 0 Å². The zero-order chi connectivity index (χ0) is 12.7. The number of carbonyl (C=O) groups is 1. The summed E-state index contributed by atoms with van der Waals surface area (Å²) in [4.78, 5) is 10.3. The summed E-state index contributed by atoms with van der Waals surface area (Å²) < 4.78 is 0. The number of aliphatic carboxylic acids is 1. The average molecular weight is 239 g/mol. The molecule has 5 heteroatoms. The molecule has 0 bridgehead atoms. The zero-order valence-corrected chi connectivity index (χ0v) is 9.47. The summed E-state index contributed by atoms with van der Waals surface area (Å²) in [6.07, 6.45) is -1.12. The van der Waals surface area contributed by atoms with Crippen LogP contribution in [0.5, 0.6) is 0 Å². The fourth-order valence-corrected chi connectivity index (χ4v) is 1.42. The Morgan fingerprint density at radius 1 is 1.24 bits per heavy atom. The molecule has 0 radical (unpaired) electrons. The molecule has 1 aromatic rings. The maximum atomic E-state index is 10.3. The van der Waals surface area contributed by atoms with E-state index in [1.807, 2.05) is 24.3 Å². The van der Waals surface area contributed by atoms with E-state index in [1.54, 1.807) is 0 Å². The van der Waals surface area contributed by atoms with Crippen LogP contribution in [-0.4, -0.2) is 33.9 Å². The van der Waals surface area contributed by atoms with Gasteiger partial charge in [0.25, 0.3) is 0 Å². The zero-order valence-electron chi connectivity index (χ0n) is 9.47. The number of aliphatic hydroxyl groups excluding tert-OH is 2. The van der Waals surface area contributed by atoms with E-state index in [9.17, 15) is 9.90 Å². The summed E-state index contributed by atoms with van der Waals surface area (Å²) >= 11 is 0. The van der Waals surface area contributed by atoms with Gasteiger partial charge in [0, 0.05) is 13.1 Å². The molecule has 0 aliphatic heterocycles. The SMILES string of the molecule is O=C(O)CC(O)CNCc1ccc(CO)cc1. The Hall–Kier alpha value is -1.43. The summed E-state index contributed by atoms with van der Waals surface area (Å²) in [5, 5.41) is 29.6. The number of hydrogen-bond donors (Lipinski definition) is 4. The van der Waals surface area contributed by atoms with Crippen molar-refractivity contribution in [1.29, 1.82) is 0 Å². The third-order valence-corrected chi connectivity index (χ3v) is 2.32. The molecule has 0 amide bonds. The Morgan fingerprint density at radius 2 is 1.82 bits per heavy atom. The van der Waals surface area contributed by atoms with Gasteiger partial charge in [-0.05, 0) is 11.1 Å². The van der Waals surface area contributed by atoms with E-state index in [0.29, 0.717) is 6.54 Å².